The first-order valence-electron chi connectivity index (χ1n) is 9.59. The Balaban J connectivity index is 1.81. The first-order chi connectivity index (χ1) is 14.8. The monoisotopic (exact) mass is 449 g/mol. The normalized spacial score (nSPS) is 11.8. The van der Waals surface area contributed by atoms with Gasteiger partial charge in [0.25, 0.3) is 5.69 Å². The molecule has 10 nitrogen and oxygen atoms in total. The van der Waals surface area contributed by atoms with Gasteiger partial charge in [0.15, 0.2) is 5.96 Å². The second-order valence-electron chi connectivity index (χ2n) is 6.64. The van der Waals surface area contributed by atoms with E-state index in [2.05, 4.69) is 26.4 Å². The van der Waals surface area contributed by atoms with E-state index in [4.69, 9.17) is 4.74 Å². The maximum absolute atomic E-state index is 12.3. The third kappa shape index (κ3) is 7.23. The number of aryl methyl sites for hydroxylation is 1. The van der Waals surface area contributed by atoms with Crippen LogP contribution in [0, 0.1) is 17.0 Å². The zero-order chi connectivity index (χ0) is 22.9. The second kappa shape index (κ2) is 11.3. The second-order valence-corrected chi connectivity index (χ2v) is 8.41. The Morgan fingerprint density at radius 1 is 1.13 bits per heavy atom. The molecule has 0 aliphatic carbocycles. The fraction of sp³-hybridized carbons (Fsp3) is 0.350. The Bertz CT molecular complexity index is 1040. The number of benzene rings is 2. The van der Waals surface area contributed by atoms with Gasteiger partial charge < -0.3 is 15.4 Å². The molecule has 0 aliphatic heterocycles. The summed E-state index contributed by atoms with van der Waals surface area (Å²) < 4.78 is 32.4. The summed E-state index contributed by atoms with van der Waals surface area (Å²) in [6, 6.07) is 10.9. The molecule has 0 amide bonds. The number of guanidine groups is 1. The van der Waals surface area contributed by atoms with Crippen LogP contribution < -0.4 is 20.1 Å². The molecule has 0 fully saturated rings. The predicted molar refractivity (Wildman–Crippen MR) is 119 cm³/mol. The minimum absolute atomic E-state index is 0.0808. The van der Waals surface area contributed by atoms with E-state index in [0.29, 0.717) is 12.5 Å². The minimum atomic E-state index is -3.85. The predicted octanol–water partition coefficient (Wildman–Crippen LogP) is 1.60. The summed E-state index contributed by atoms with van der Waals surface area (Å²) in [6.45, 7) is 2.99. The molecule has 0 spiro atoms. The van der Waals surface area contributed by atoms with Gasteiger partial charge >= 0.3 is 0 Å². The van der Waals surface area contributed by atoms with Crippen LogP contribution in [0.3, 0.4) is 0 Å². The fourth-order valence-electron chi connectivity index (χ4n) is 2.85. The Morgan fingerprint density at radius 2 is 1.87 bits per heavy atom. The molecule has 0 atom stereocenters. The van der Waals surface area contributed by atoms with Crippen molar-refractivity contribution in [2.45, 2.75) is 18.2 Å². The molecule has 2 aromatic carbocycles. The van der Waals surface area contributed by atoms with Crippen molar-refractivity contribution < 1.29 is 18.1 Å². The van der Waals surface area contributed by atoms with Crippen molar-refractivity contribution in [3.05, 3.63) is 63.7 Å². The number of nitrogens with one attached hydrogen (secondary N) is 3. The molecule has 0 aliphatic rings. The number of rotatable bonds is 10. The van der Waals surface area contributed by atoms with E-state index < -0.39 is 14.9 Å². The highest BCUT2D eigenvalue weighted by Crippen LogP contribution is 2.19. The number of sulfonamides is 1. The number of aliphatic imine (C=N–C) groups is 1. The molecule has 0 aromatic heterocycles. The lowest BCUT2D eigenvalue weighted by molar-refractivity contribution is -0.385. The first kappa shape index (κ1) is 24.1. The minimum Gasteiger partial charge on any atom is -0.496 e. The molecule has 31 heavy (non-hydrogen) atoms. The SMILES string of the molecule is CN=C(NCCNS(=O)(=O)c1cccc([N+](=O)[O-])c1)NCCc1cc(C)ccc1OC. The third-order valence-electron chi connectivity index (χ3n) is 4.39. The number of nitro groups is 1. The number of methoxy groups -OCH3 is 1. The summed E-state index contributed by atoms with van der Waals surface area (Å²) in [7, 11) is -0.598. The van der Waals surface area contributed by atoms with Gasteiger partial charge in [0.1, 0.15) is 5.75 Å². The van der Waals surface area contributed by atoms with E-state index in [1.807, 2.05) is 19.1 Å². The molecule has 0 unspecified atom stereocenters. The molecule has 2 aromatic rings. The van der Waals surface area contributed by atoms with Gasteiger partial charge in [-0.15, -0.1) is 0 Å². The number of hydrogen-bond acceptors (Lipinski definition) is 6. The van der Waals surface area contributed by atoms with Crippen molar-refractivity contribution in [2.24, 2.45) is 4.99 Å². The summed E-state index contributed by atoms with van der Waals surface area (Å²) >= 11 is 0. The van der Waals surface area contributed by atoms with Crippen LogP contribution in [0.25, 0.3) is 0 Å². The van der Waals surface area contributed by atoms with E-state index in [1.165, 1.54) is 18.2 Å². The van der Waals surface area contributed by atoms with Gasteiger partial charge in [-0.2, -0.15) is 0 Å². The van der Waals surface area contributed by atoms with Crippen LogP contribution in [-0.2, 0) is 16.4 Å². The molecular weight excluding hydrogens is 422 g/mol. The molecule has 3 N–H and O–H groups in total. The van der Waals surface area contributed by atoms with Crippen molar-refractivity contribution in [3.63, 3.8) is 0 Å². The van der Waals surface area contributed by atoms with Crippen molar-refractivity contribution in [1.82, 2.24) is 15.4 Å². The highest BCUT2D eigenvalue weighted by Gasteiger charge is 2.17. The molecule has 0 radical (unpaired) electrons. The van der Waals surface area contributed by atoms with Crippen LogP contribution in [0.15, 0.2) is 52.4 Å². The van der Waals surface area contributed by atoms with Gasteiger partial charge in [-0.05, 0) is 31.0 Å². The summed E-state index contributed by atoms with van der Waals surface area (Å²) in [4.78, 5) is 14.2. The highest BCUT2D eigenvalue weighted by molar-refractivity contribution is 7.89. The van der Waals surface area contributed by atoms with E-state index in [9.17, 15) is 18.5 Å². The number of ether oxygens (including phenoxy) is 1. The molecule has 0 saturated carbocycles. The lowest BCUT2D eigenvalue weighted by Crippen LogP contribution is -2.42. The van der Waals surface area contributed by atoms with Gasteiger partial charge in [-0.3, -0.25) is 15.1 Å². The highest BCUT2D eigenvalue weighted by atomic mass is 32.2. The Kier molecular flexibility index (Phi) is 8.76. The molecule has 11 heteroatoms. The number of nitrogens with zero attached hydrogens (tertiary/aromatic N) is 2. The van der Waals surface area contributed by atoms with Crippen molar-refractivity contribution >= 4 is 21.7 Å². The largest absolute Gasteiger partial charge is 0.496 e. The van der Waals surface area contributed by atoms with Gasteiger partial charge in [0.2, 0.25) is 10.0 Å². The van der Waals surface area contributed by atoms with Crippen LogP contribution in [0.2, 0.25) is 0 Å². The number of nitro benzene ring substituents is 1. The fourth-order valence-corrected chi connectivity index (χ4v) is 3.92. The Hall–Kier alpha value is -3.18. The van der Waals surface area contributed by atoms with Crippen LogP contribution in [0.1, 0.15) is 11.1 Å². The van der Waals surface area contributed by atoms with Crippen molar-refractivity contribution in [3.8, 4) is 5.75 Å². The Morgan fingerprint density at radius 3 is 2.55 bits per heavy atom. The smallest absolute Gasteiger partial charge is 0.270 e. The summed E-state index contributed by atoms with van der Waals surface area (Å²) in [6.07, 6.45) is 0.727. The van der Waals surface area contributed by atoms with Gasteiger partial charge in [0, 0.05) is 38.8 Å². The average Bonchev–Trinajstić information content (AvgIpc) is 2.75. The summed E-state index contributed by atoms with van der Waals surface area (Å²) in [5.41, 5.74) is 1.94. The van der Waals surface area contributed by atoms with Gasteiger partial charge in [-0.1, -0.05) is 23.8 Å². The maximum Gasteiger partial charge on any atom is 0.270 e. The number of hydrogen-bond donors (Lipinski definition) is 3. The van der Waals surface area contributed by atoms with Crippen LogP contribution >= 0.6 is 0 Å². The van der Waals surface area contributed by atoms with Crippen LogP contribution in [0.5, 0.6) is 5.75 Å². The lowest BCUT2D eigenvalue weighted by atomic mass is 10.1. The Labute approximate surface area is 181 Å². The first-order valence-corrected chi connectivity index (χ1v) is 11.1. The molecule has 2 rings (SSSR count). The van der Waals surface area contributed by atoms with E-state index in [1.54, 1.807) is 14.2 Å². The van der Waals surface area contributed by atoms with E-state index in [0.717, 1.165) is 29.4 Å². The van der Waals surface area contributed by atoms with Crippen molar-refractivity contribution in [2.75, 3.05) is 33.8 Å². The molecule has 0 heterocycles. The van der Waals surface area contributed by atoms with Crippen LogP contribution in [0.4, 0.5) is 5.69 Å². The summed E-state index contributed by atoms with van der Waals surface area (Å²) in [5, 5.41) is 17.0. The molecule has 0 saturated heterocycles. The lowest BCUT2D eigenvalue weighted by Gasteiger charge is -2.14. The molecule has 168 valence electrons. The average molecular weight is 450 g/mol. The molecular formula is C20H27N5O5S. The zero-order valence-corrected chi connectivity index (χ0v) is 18.5. The maximum atomic E-state index is 12.3. The quantitative estimate of drug-likeness (QED) is 0.165. The zero-order valence-electron chi connectivity index (χ0n) is 17.7. The van der Waals surface area contributed by atoms with E-state index >= 15 is 0 Å². The van der Waals surface area contributed by atoms with Gasteiger partial charge in [0.05, 0.1) is 16.9 Å². The molecule has 0 bridgehead atoms. The summed E-state index contributed by atoms with van der Waals surface area (Å²) in [5.74, 6) is 1.35. The third-order valence-corrected chi connectivity index (χ3v) is 5.85. The van der Waals surface area contributed by atoms with Crippen LogP contribution in [-0.4, -0.2) is 53.1 Å². The van der Waals surface area contributed by atoms with Gasteiger partial charge in [-0.25, -0.2) is 13.1 Å². The van der Waals surface area contributed by atoms with Crippen molar-refractivity contribution in [1.29, 1.82) is 0 Å². The topological polar surface area (TPSA) is 135 Å². The number of non-ortho nitro benzene ring substituents is 1. The van der Waals surface area contributed by atoms with E-state index in [-0.39, 0.29) is 23.7 Å². The standard InChI is InChI=1S/C20H27N5O5S/c1-15-7-8-19(30-3)16(13-15)9-10-22-20(21-2)23-11-12-24-31(28,29)18-6-4-5-17(14-18)25(26)27/h4-8,13-14,24H,9-12H2,1-3H3,(H2,21,22,23).